The Morgan fingerprint density at radius 2 is 1.94 bits per heavy atom. The van der Waals surface area contributed by atoms with Gasteiger partial charge in [0.1, 0.15) is 0 Å². The van der Waals surface area contributed by atoms with E-state index < -0.39 is 0 Å². The fraction of sp³-hybridized carbons (Fsp3) is 1.00. The van der Waals surface area contributed by atoms with Gasteiger partial charge in [-0.3, -0.25) is 4.90 Å². The van der Waals surface area contributed by atoms with Crippen molar-refractivity contribution in [2.75, 3.05) is 26.7 Å². The van der Waals surface area contributed by atoms with Gasteiger partial charge in [0.2, 0.25) is 0 Å². The zero-order chi connectivity index (χ0) is 12.0. The minimum atomic E-state index is 0.250. The zero-order valence-corrected chi connectivity index (χ0v) is 11.2. The maximum Gasteiger partial charge on any atom is 0.0572 e. The number of likely N-dealkylation sites (N-methyl/N-ethyl adjacent to an activating group) is 1. The smallest absolute Gasteiger partial charge is 0.0572 e. The summed E-state index contributed by atoms with van der Waals surface area (Å²) in [6, 6.07) is 0. The number of nitrogens with two attached hydrogens (primary N) is 1. The highest BCUT2D eigenvalue weighted by atomic mass is 16.5. The third-order valence-electron chi connectivity index (χ3n) is 4.12. The van der Waals surface area contributed by atoms with Crippen LogP contribution < -0.4 is 5.73 Å². The number of methoxy groups -OCH3 is 1. The maximum atomic E-state index is 6.05. The van der Waals surface area contributed by atoms with Crippen LogP contribution in [0.2, 0.25) is 0 Å². The molecule has 1 rings (SSSR count). The second kappa shape index (κ2) is 6.58. The second-order valence-electron chi connectivity index (χ2n) is 4.94. The molecule has 0 bridgehead atoms. The molecular weight excluding hydrogens is 200 g/mol. The maximum absolute atomic E-state index is 6.05. The van der Waals surface area contributed by atoms with Gasteiger partial charge in [0.25, 0.3) is 0 Å². The highest BCUT2D eigenvalue weighted by Gasteiger charge is 2.38. The van der Waals surface area contributed by atoms with Crippen LogP contribution in [0, 0.1) is 0 Å². The average molecular weight is 228 g/mol. The van der Waals surface area contributed by atoms with E-state index in [1.54, 1.807) is 0 Å². The normalized spacial score (nSPS) is 30.9. The van der Waals surface area contributed by atoms with Gasteiger partial charge < -0.3 is 10.5 Å². The molecule has 0 aliphatic heterocycles. The van der Waals surface area contributed by atoms with Crippen molar-refractivity contribution in [3.63, 3.8) is 0 Å². The lowest BCUT2D eigenvalue weighted by atomic mass is 9.78. The lowest BCUT2D eigenvalue weighted by molar-refractivity contribution is -0.00495. The molecule has 0 spiro atoms. The van der Waals surface area contributed by atoms with E-state index in [0.29, 0.717) is 6.10 Å². The van der Waals surface area contributed by atoms with Gasteiger partial charge in [-0.1, -0.05) is 13.8 Å². The summed E-state index contributed by atoms with van der Waals surface area (Å²) in [5, 5.41) is 0. The summed E-state index contributed by atoms with van der Waals surface area (Å²) in [6.45, 7) is 7.56. The predicted octanol–water partition coefficient (Wildman–Crippen LogP) is 2.00. The van der Waals surface area contributed by atoms with Gasteiger partial charge in [-0.15, -0.1) is 0 Å². The SMILES string of the molecule is CCCN(CC)C1(CN)CCC(OC)CC1. The van der Waals surface area contributed by atoms with Crippen molar-refractivity contribution in [2.45, 2.75) is 57.6 Å². The monoisotopic (exact) mass is 228 g/mol. The Kier molecular flexibility index (Phi) is 5.73. The van der Waals surface area contributed by atoms with Crippen molar-refractivity contribution >= 4 is 0 Å². The van der Waals surface area contributed by atoms with Crippen LogP contribution in [0.5, 0.6) is 0 Å². The summed E-state index contributed by atoms with van der Waals surface area (Å²) in [4.78, 5) is 2.58. The second-order valence-corrected chi connectivity index (χ2v) is 4.94. The first kappa shape index (κ1) is 13.9. The van der Waals surface area contributed by atoms with E-state index in [0.717, 1.165) is 25.9 Å². The number of ether oxygens (including phenoxy) is 1. The van der Waals surface area contributed by atoms with E-state index in [4.69, 9.17) is 10.5 Å². The predicted molar refractivity (Wildman–Crippen MR) is 68.6 cm³/mol. The molecule has 16 heavy (non-hydrogen) atoms. The molecule has 0 aromatic heterocycles. The van der Waals surface area contributed by atoms with Crippen molar-refractivity contribution < 1.29 is 4.74 Å². The molecule has 0 aromatic carbocycles. The molecule has 3 nitrogen and oxygen atoms in total. The molecule has 0 unspecified atom stereocenters. The first-order chi connectivity index (χ1) is 7.72. The number of nitrogens with zero attached hydrogens (tertiary/aromatic N) is 1. The zero-order valence-electron chi connectivity index (χ0n) is 11.2. The van der Waals surface area contributed by atoms with Crippen LogP contribution in [0.1, 0.15) is 46.0 Å². The van der Waals surface area contributed by atoms with E-state index in [-0.39, 0.29) is 5.54 Å². The van der Waals surface area contributed by atoms with Gasteiger partial charge in [-0.25, -0.2) is 0 Å². The lowest BCUT2D eigenvalue weighted by Gasteiger charge is -2.47. The topological polar surface area (TPSA) is 38.5 Å². The fourth-order valence-corrected chi connectivity index (χ4v) is 3.01. The van der Waals surface area contributed by atoms with E-state index in [1.807, 2.05) is 7.11 Å². The van der Waals surface area contributed by atoms with Crippen LogP contribution in [0.3, 0.4) is 0 Å². The largest absolute Gasteiger partial charge is 0.381 e. The molecule has 0 atom stereocenters. The highest BCUT2D eigenvalue weighted by Crippen LogP contribution is 2.34. The third-order valence-corrected chi connectivity index (χ3v) is 4.12. The van der Waals surface area contributed by atoms with Gasteiger partial charge in [-0.2, -0.15) is 0 Å². The van der Waals surface area contributed by atoms with E-state index in [1.165, 1.54) is 25.8 Å². The van der Waals surface area contributed by atoms with Crippen LogP contribution in [0.25, 0.3) is 0 Å². The van der Waals surface area contributed by atoms with Crippen molar-refractivity contribution in [2.24, 2.45) is 5.73 Å². The molecule has 0 heterocycles. The number of hydrogen-bond acceptors (Lipinski definition) is 3. The molecule has 1 fully saturated rings. The molecule has 0 radical (unpaired) electrons. The van der Waals surface area contributed by atoms with Crippen molar-refractivity contribution in [3.8, 4) is 0 Å². The molecule has 1 aliphatic rings. The summed E-state index contributed by atoms with van der Waals surface area (Å²) in [6.07, 6.45) is 6.37. The first-order valence-corrected chi connectivity index (χ1v) is 6.70. The van der Waals surface area contributed by atoms with Crippen LogP contribution in [0.15, 0.2) is 0 Å². The summed E-state index contributed by atoms with van der Waals surface area (Å²) in [7, 11) is 1.82. The number of hydrogen-bond donors (Lipinski definition) is 1. The first-order valence-electron chi connectivity index (χ1n) is 6.70. The van der Waals surface area contributed by atoms with E-state index >= 15 is 0 Å². The van der Waals surface area contributed by atoms with Gasteiger partial charge in [0.15, 0.2) is 0 Å². The quantitative estimate of drug-likeness (QED) is 0.756. The minimum Gasteiger partial charge on any atom is -0.381 e. The summed E-state index contributed by atoms with van der Waals surface area (Å²) in [5.41, 5.74) is 6.30. The van der Waals surface area contributed by atoms with Crippen molar-refractivity contribution in [1.82, 2.24) is 4.90 Å². The molecule has 0 saturated heterocycles. The molecule has 1 aliphatic carbocycles. The van der Waals surface area contributed by atoms with E-state index in [9.17, 15) is 0 Å². The highest BCUT2D eigenvalue weighted by molar-refractivity contribution is 4.95. The van der Waals surface area contributed by atoms with E-state index in [2.05, 4.69) is 18.7 Å². The molecule has 3 heteroatoms. The van der Waals surface area contributed by atoms with Crippen molar-refractivity contribution in [3.05, 3.63) is 0 Å². The van der Waals surface area contributed by atoms with Crippen molar-refractivity contribution in [1.29, 1.82) is 0 Å². The molecule has 0 amide bonds. The fourth-order valence-electron chi connectivity index (χ4n) is 3.01. The Morgan fingerprint density at radius 1 is 1.31 bits per heavy atom. The Morgan fingerprint density at radius 3 is 2.31 bits per heavy atom. The molecular formula is C13H28N2O. The van der Waals surface area contributed by atoms with Crippen LogP contribution in [-0.4, -0.2) is 43.3 Å². The summed E-state index contributed by atoms with van der Waals surface area (Å²) >= 11 is 0. The number of rotatable bonds is 6. The van der Waals surface area contributed by atoms with Gasteiger partial charge in [0, 0.05) is 19.2 Å². The summed E-state index contributed by atoms with van der Waals surface area (Å²) < 4.78 is 5.44. The third kappa shape index (κ3) is 2.96. The Hall–Kier alpha value is -0.120. The molecule has 0 aromatic rings. The van der Waals surface area contributed by atoms with Gasteiger partial charge in [-0.05, 0) is 45.2 Å². The summed E-state index contributed by atoms with van der Waals surface area (Å²) in [5.74, 6) is 0. The van der Waals surface area contributed by atoms with Crippen LogP contribution >= 0.6 is 0 Å². The minimum absolute atomic E-state index is 0.250. The average Bonchev–Trinajstić information content (AvgIpc) is 2.36. The van der Waals surface area contributed by atoms with Gasteiger partial charge in [0.05, 0.1) is 6.10 Å². The Bertz CT molecular complexity index is 188. The lowest BCUT2D eigenvalue weighted by Crippen LogP contribution is -2.56. The molecule has 2 N–H and O–H groups in total. The van der Waals surface area contributed by atoms with Crippen LogP contribution in [-0.2, 0) is 4.74 Å². The standard InChI is InChI=1S/C13H28N2O/c1-4-10-15(5-2)13(11-14)8-6-12(16-3)7-9-13/h12H,4-11,14H2,1-3H3. The molecule has 1 saturated carbocycles. The van der Waals surface area contributed by atoms with Gasteiger partial charge >= 0.3 is 0 Å². The Labute approximate surface area is 100 Å². The Balaban J connectivity index is 2.63. The molecule has 96 valence electrons. The van der Waals surface area contributed by atoms with Crippen LogP contribution in [0.4, 0.5) is 0 Å².